The Bertz CT molecular complexity index is 347. The zero-order valence-electron chi connectivity index (χ0n) is 11.0. The molecule has 2 rings (SSSR count). The van der Waals surface area contributed by atoms with Gasteiger partial charge in [0.05, 0.1) is 6.20 Å². The van der Waals surface area contributed by atoms with Crippen LogP contribution in [0.2, 0.25) is 0 Å². The minimum atomic E-state index is -0.270. The molecule has 2 heterocycles. The van der Waals surface area contributed by atoms with Gasteiger partial charge in [0.2, 0.25) is 0 Å². The van der Waals surface area contributed by atoms with Crippen molar-refractivity contribution in [3.63, 3.8) is 0 Å². The van der Waals surface area contributed by atoms with Gasteiger partial charge in [-0.05, 0) is 37.9 Å². The van der Waals surface area contributed by atoms with Crippen LogP contribution < -0.4 is 10.2 Å². The highest BCUT2D eigenvalue weighted by molar-refractivity contribution is 5.38. The molecule has 0 bridgehead atoms. The van der Waals surface area contributed by atoms with Gasteiger partial charge < -0.3 is 10.2 Å². The van der Waals surface area contributed by atoms with E-state index in [2.05, 4.69) is 22.1 Å². The van der Waals surface area contributed by atoms with Crippen molar-refractivity contribution in [1.82, 2.24) is 10.3 Å². The number of hydrogen-bond acceptors (Lipinski definition) is 3. The fourth-order valence-corrected chi connectivity index (χ4v) is 2.38. The van der Waals surface area contributed by atoms with E-state index in [-0.39, 0.29) is 5.82 Å². The Labute approximate surface area is 108 Å². The van der Waals surface area contributed by atoms with E-state index in [4.69, 9.17) is 0 Å². The number of nitrogens with one attached hydrogen (secondary N) is 1. The molecule has 0 saturated carbocycles. The second kappa shape index (κ2) is 6.69. The van der Waals surface area contributed by atoms with E-state index < -0.39 is 0 Å². The molecular formula is C14H22FN3. The maximum Gasteiger partial charge on any atom is 0.141 e. The zero-order valence-corrected chi connectivity index (χ0v) is 11.0. The molecular weight excluding hydrogens is 229 g/mol. The van der Waals surface area contributed by atoms with Crippen LogP contribution in [-0.2, 0) is 0 Å². The SMILES string of the molecule is CCCCN(CC1CCCN1)c1ccc(F)cn1. The first-order valence-corrected chi connectivity index (χ1v) is 6.89. The molecule has 0 aromatic carbocycles. The van der Waals surface area contributed by atoms with Crippen molar-refractivity contribution in [1.29, 1.82) is 0 Å². The summed E-state index contributed by atoms with van der Waals surface area (Å²) in [6, 6.07) is 3.82. The molecule has 1 aromatic rings. The van der Waals surface area contributed by atoms with Crippen molar-refractivity contribution in [2.45, 2.75) is 38.6 Å². The highest BCUT2D eigenvalue weighted by Gasteiger charge is 2.18. The first-order valence-electron chi connectivity index (χ1n) is 6.89. The lowest BCUT2D eigenvalue weighted by atomic mass is 10.2. The van der Waals surface area contributed by atoms with Gasteiger partial charge >= 0.3 is 0 Å². The third-order valence-corrected chi connectivity index (χ3v) is 3.42. The second-order valence-corrected chi connectivity index (χ2v) is 4.93. The molecule has 1 saturated heterocycles. The molecule has 1 aliphatic heterocycles. The summed E-state index contributed by atoms with van der Waals surface area (Å²) < 4.78 is 12.9. The maximum atomic E-state index is 12.9. The molecule has 0 amide bonds. The lowest BCUT2D eigenvalue weighted by Gasteiger charge is -2.26. The smallest absolute Gasteiger partial charge is 0.141 e. The normalized spacial score (nSPS) is 19.1. The van der Waals surface area contributed by atoms with E-state index in [1.807, 2.05) is 0 Å². The van der Waals surface area contributed by atoms with E-state index in [9.17, 15) is 4.39 Å². The van der Waals surface area contributed by atoms with E-state index in [0.29, 0.717) is 6.04 Å². The fraction of sp³-hybridized carbons (Fsp3) is 0.643. The van der Waals surface area contributed by atoms with Crippen molar-refractivity contribution in [3.8, 4) is 0 Å². The molecule has 3 nitrogen and oxygen atoms in total. The Morgan fingerprint density at radius 3 is 3.00 bits per heavy atom. The van der Waals surface area contributed by atoms with Gasteiger partial charge in [0, 0.05) is 19.1 Å². The highest BCUT2D eigenvalue weighted by atomic mass is 19.1. The number of aromatic nitrogens is 1. The number of unbranched alkanes of at least 4 members (excludes halogenated alkanes) is 1. The van der Waals surface area contributed by atoms with Crippen LogP contribution in [0.3, 0.4) is 0 Å². The topological polar surface area (TPSA) is 28.2 Å². The summed E-state index contributed by atoms with van der Waals surface area (Å²) in [5, 5.41) is 3.50. The predicted octanol–water partition coefficient (Wildman–Crippen LogP) is 2.58. The molecule has 1 aromatic heterocycles. The van der Waals surface area contributed by atoms with Gasteiger partial charge in [-0.3, -0.25) is 0 Å². The van der Waals surface area contributed by atoms with Gasteiger partial charge in [-0.1, -0.05) is 13.3 Å². The Kier molecular flexibility index (Phi) is 4.93. The molecule has 1 aliphatic rings. The summed E-state index contributed by atoms with van der Waals surface area (Å²) in [5.41, 5.74) is 0. The molecule has 0 radical (unpaired) electrons. The van der Waals surface area contributed by atoms with Gasteiger partial charge in [-0.25, -0.2) is 9.37 Å². The maximum absolute atomic E-state index is 12.9. The van der Waals surface area contributed by atoms with Crippen LogP contribution in [0.1, 0.15) is 32.6 Å². The zero-order chi connectivity index (χ0) is 12.8. The minimum absolute atomic E-state index is 0.270. The standard InChI is InChI=1S/C14H22FN3/c1-2-3-9-18(11-13-5-4-8-16-13)14-7-6-12(15)10-17-14/h6-7,10,13,16H,2-5,8-9,11H2,1H3. The molecule has 100 valence electrons. The molecule has 1 atom stereocenters. The average Bonchev–Trinajstić information content (AvgIpc) is 2.88. The van der Waals surface area contributed by atoms with Crippen LogP contribution in [0, 0.1) is 5.82 Å². The van der Waals surface area contributed by atoms with Crippen LogP contribution in [0.15, 0.2) is 18.3 Å². The summed E-state index contributed by atoms with van der Waals surface area (Å²) >= 11 is 0. The minimum Gasteiger partial charge on any atom is -0.355 e. The summed E-state index contributed by atoms with van der Waals surface area (Å²) in [7, 11) is 0. The number of hydrogen-bond donors (Lipinski definition) is 1. The quantitative estimate of drug-likeness (QED) is 0.842. The average molecular weight is 251 g/mol. The summed E-state index contributed by atoms with van der Waals surface area (Å²) in [4.78, 5) is 6.47. The van der Waals surface area contributed by atoms with Crippen molar-refractivity contribution in [3.05, 3.63) is 24.1 Å². The third kappa shape index (κ3) is 3.67. The van der Waals surface area contributed by atoms with Crippen molar-refractivity contribution in [2.75, 3.05) is 24.5 Å². The van der Waals surface area contributed by atoms with Gasteiger partial charge in [0.25, 0.3) is 0 Å². The molecule has 1 fully saturated rings. The van der Waals surface area contributed by atoms with Crippen LogP contribution in [0.4, 0.5) is 10.2 Å². The predicted molar refractivity (Wildman–Crippen MR) is 72.3 cm³/mol. The monoisotopic (exact) mass is 251 g/mol. The van der Waals surface area contributed by atoms with E-state index >= 15 is 0 Å². The van der Waals surface area contributed by atoms with Crippen molar-refractivity contribution < 1.29 is 4.39 Å². The largest absolute Gasteiger partial charge is 0.355 e. The number of anilines is 1. The van der Waals surface area contributed by atoms with Crippen LogP contribution >= 0.6 is 0 Å². The Morgan fingerprint density at radius 2 is 2.39 bits per heavy atom. The van der Waals surface area contributed by atoms with E-state index in [1.165, 1.54) is 25.1 Å². The first-order chi connectivity index (χ1) is 8.79. The van der Waals surface area contributed by atoms with Crippen molar-refractivity contribution in [2.24, 2.45) is 0 Å². The molecule has 4 heteroatoms. The number of nitrogens with zero attached hydrogens (tertiary/aromatic N) is 2. The summed E-state index contributed by atoms with van der Waals surface area (Å²) in [5.74, 6) is 0.617. The van der Waals surface area contributed by atoms with Gasteiger partial charge in [-0.2, -0.15) is 0 Å². The van der Waals surface area contributed by atoms with Crippen molar-refractivity contribution >= 4 is 5.82 Å². The summed E-state index contributed by atoms with van der Waals surface area (Å²) in [6.45, 7) is 5.26. The Hall–Kier alpha value is -1.16. The van der Waals surface area contributed by atoms with Crippen LogP contribution in [0.5, 0.6) is 0 Å². The Morgan fingerprint density at radius 1 is 1.50 bits per heavy atom. The van der Waals surface area contributed by atoms with Gasteiger partial charge in [-0.15, -0.1) is 0 Å². The van der Waals surface area contributed by atoms with E-state index in [0.717, 1.165) is 38.3 Å². The molecule has 0 aliphatic carbocycles. The molecule has 0 spiro atoms. The third-order valence-electron chi connectivity index (χ3n) is 3.42. The molecule has 1 N–H and O–H groups in total. The molecule has 1 unspecified atom stereocenters. The lowest BCUT2D eigenvalue weighted by Crippen LogP contribution is -2.38. The number of rotatable bonds is 6. The molecule has 18 heavy (non-hydrogen) atoms. The Balaban J connectivity index is 2.00. The highest BCUT2D eigenvalue weighted by Crippen LogP contribution is 2.15. The van der Waals surface area contributed by atoms with Gasteiger partial charge in [0.1, 0.15) is 11.6 Å². The fourth-order valence-electron chi connectivity index (χ4n) is 2.38. The lowest BCUT2D eigenvalue weighted by molar-refractivity contribution is 0.567. The van der Waals surface area contributed by atoms with Crippen LogP contribution in [-0.4, -0.2) is 30.7 Å². The number of halogens is 1. The second-order valence-electron chi connectivity index (χ2n) is 4.93. The van der Waals surface area contributed by atoms with E-state index in [1.54, 1.807) is 6.07 Å². The van der Waals surface area contributed by atoms with Crippen LogP contribution in [0.25, 0.3) is 0 Å². The first kappa shape index (κ1) is 13.3. The summed E-state index contributed by atoms with van der Waals surface area (Å²) in [6.07, 6.45) is 6.09. The number of pyridine rings is 1. The van der Waals surface area contributed by atoms with Gasteiger partial charge in [0.15, 0.2) is 0 Å².